The lowest BCUT2D eigenvalue weighted by molar-refractivity contribution is -0.130. The highest BCUT2D eigenvalue weighted by Crippen LogP contribution is 2.28. The van der Waals surface area contributed by atoms with Crippen LogP contribution in [0, 0.1) is 26.2 Å². The van der Waals surface area contributed by atoms with Crippen molar-refractivity contribution in [2.24, 2.45) is 11.1 Å². The van der Waals surface area contributed by atoms with Crippen molar-refractivity contribution in [3.05, 3.63) is 28.8 Å². The molecule has 1 aliphatic heterocycles. The van der Waals surface area contributed by atoms with E-state index in [1.807, 2.05) is 19.1 Å². The Morgan fingerprint density at radius 1 is 1.28 bits per heavy atom. The summed E-state index contributed by atoms with van der Waals surface area (Å²) in [6, 6.07) is 3.70. The standard InChI is InChI=1S/C18H29N3O3S/c1-13-9-14(2)17(15(3)10-13)25(23,24)20-7-5-16(22)21-8-6-18(4,11-19)12-21/h9-10,20H,5-8,11-12,19H2,1-4H3. The van der Waals surface area contributed by atoms with Gasteiger partial charge >= 0.3 is 0 Å². The third kappa shape index (κ3) is 4.59. The molecule has 25 heavy (non-hydrogen) atoms. The van der Waals surface area contributed by atoms with Crippen LogP contribution in [0.3, 0.4) is 0 Å². The highest BCUT2D eigenvalue weighted by molar-refractivity contribution is 7.89. The number of nitrogens with zero attached hydrogens (tertiary/aromatic N) is 1. The number of nitrogens with two attached hydrogens (primary N) is 1. The predicted molar refractivity (Wildman–Crippen MR) is 98.8 cm³/mol. The van der Waals surface area contributed by atoms with E-state index in [1.165, 1.54) is 0 Å². The van der Waals surface area contributed by atoms with Crippen molar-refractivity contribution in [1.29, 1.82) is 0 Å². The van der Waals surface area contributed by atoms with Gasteiger partial charge in [-0.15, -0.1) is 0 Å². The van der Waals surface area contributed by atoms with Crippen LogP contribution < -0.4 is 10.5 Å². The van der Waals surface area contributed by atoms with Crippen LogP contribution in [0.25, 0.3) is 0 Å². The number of sulfonamides is 1. The summed E-state index contributed by atoms with van der Waals surface area (Å²) in [5.74, 6) is -0.0303. The summed E-state index contributed by atoms with van der Waals surface area (Å²) in [7, 11) is -3.63. The number of hydrogen-bond donors (Lipinski definition) is 2. The maximum atomic E-state index is 12.6. The average molecular weight is 368 g/mol. The lowest BCUT2D eigenvalue weighted by Crippen LogP contribution is -2.36. The summed E-state index contributed by atoms with van der Waals surface area (Å²) in [5.41, 5.74) is 8.20. The van der Waals surface area contributed by atoms with Crippen LogP contribution in [0.5, 0.6) is 0 Å². The Bertz CT molecular complexity index is 738. The molecular formula is C18H29N3O3S. The highest BCUT2D eigenvalue weighted by Gasteiger charge is 2.34. The van der Waals surface area contributed by atoms with Crippen LogP contribution >= 0.6 is 0 Å². The van der Waals surface area contributed by atoms with Crippen LogP contribution in [0.1, 0.15) is 36.5 Å². The molecule has 1 amide bonds. The number of amides is 1. The first-order chi connectivity index (χ1) is 11.6. The molecule has 3 N–H and O–H groups in total. The van der Waals surface area contributed by atoms with E-state index in [0.29, 0.717) is 24.5 Å². The number of carbonyl (C=O) groups excluding carboxylic acids is 1. The molecule has 1 aromatic rings. The van der Waals surface area contributed by atoms with E-state index in [-0.39, 0.29) is 24.3 Å². The Hall–Kier alpha value is -1.44. The summed E-state index contributed by atoms with van der Waals surface area (Å²) < 4.78 is 27.7. The number of carbonyl (C=O) groups is 1. The van der Waals surface area contributed by atoms with Gasteiger partial charge in [0.2, 0.25) is 15.9 Å². The highest BCUT2D eigenvalue weighted by atomic mass is 32.2. The van der Waals surface area contributed by atoms with E-state index in [9.17, 15) is 13.2 Å². The van der Waals surface area contributed by atoms with Gasteiger partial charge in [0, 0.05) is 26.1 Å². The zero-order chi connectivity index (χ0) is 18.8. The van der Waals surface area contributed by atoms with Crippen molar-refractivity contribution >= 4 is 15.9 Å². The summed E-state index contributed by atoms with van der Waals surface area (Å²) in [4.78, 5) is 14.4. The molecule has 0 spiro atoms. The Balaban J connectivity index is 1.96. The molecule has 0 saturated carbocycles. The quantitative estimate of drug-likeness (QED) is 0.796. The van der Waals surface area contributed by atoms with Crippen molar-refractivity contribution in [2.75, 3.05) is 26.2 Å². The van der Waals surface area contributed by atoms with Gasteiger partial charge < -0.3 is 10.6 Å². The Morgan fingerprint density at radius 3 is 2.40 bits per heavy atom. The molecule has 7 heteroatoms. The molecule has 1 aliphatic rings. The second-order valence-corrected chi connectivity index (χ2v) is 9.16. The van der Waals surface area contributed by atoms with Gasteiger partial charge in [-0.25, -0.2) is 13.1 Å². The molecule has 0 aromatic heterocycles. The molecule has 1 saturated heterocycles. The summed E-state index contributed by atoms with van der Waals surface area (Å²) in [6.07, 6.45) is 1.05. The van der Waals surface area contributed by atoms with Crippen molar-refractivity contribution in [1.82, 2.24) is 9.62 Å². The van der Waals surface area contributed by atoms with Crippen LogP contribution in [0.2, 0.25) is 0 Å². The molecule has 1 aromatic carbocycles. The average Bonchev–Trinajstić information content (AvgIpc) is 2.89. The van der Waals surface area contributed by atoms with Crippen LogP contribution in [-0.2, 0) is 14.8 Å². The van der Waals surface area contributed by atoms with Gasteiger partial charge in [-0.3, -0.25) is 4.79 Å². The fourth-order valence-electron chi connectivity index (χ4n) is 3.52. The minimum atomic E-state index is -3.63. The summed E-state index contributed by atoms with van der Waals surface area (Å²) >= 11 is 0. The number of rotatable bonds is 6. The number of aryl methyl sites for hydroxylation is 3. The van der Waals surface area contributed by atoms with E-state index in [2.05, 4.69) is 11.6 Å². The molecule has 1 heterocycles. The maximum Gasteiger partial charge on any atom is 0.241 e. The van der Waals surface area contributed by atoms with Crippen LogP contribution in [0.15, 0.2) is 17.0 Å². The van der Waals surface area contributed by atoms with Gasteiger partial charge in [0.05, 0.1) is 4.90 Å². The molecule has 140 valence electrons. The van der Waals surface area contributed by atoms with Gasteiger partial charge in [0.15, 0.2) is 0 Å². The van der Waals surface area contributed by atoms with Crippen LogP contribution in [-0.4, -0.2) is 45.4 Å². The molecule has 1 unspecified atom stereocenters. The zero-order valence-electron chi connectivity index (χ0n) is 15.6. The summed E-state index contributed by atoms with van der Waals surface area (Å²) in [5, 5.41) is 0. The molecule has 0 radical (unpaired) electrons. The first-order valence-electron chi connectivity index (χ1n) is 8.63. The van der Waals surface area contributed by atoms with E-state index in [1.54, 1.807) is 18.7 Å². The van der Waals surface area contributed by atoms with Gasteiger partial charge in [-0.2, -0.15) is 0 Å². The largest absolute Gasteiger partial charge is 0.342 e. The minimum Gasteiger partial charge on any atom is -0.342 e. The van der Waals surface area contributed by atoms with Crippen molar-refractivity contribution in [3.63, 3.8) is 0 Å². The Kier molecular flexibility index (Phi) is 5.91. The minimum absolute atomic E-state index is 0.0225. The molecule has 0 bridgehead atoms. The second kappa shape index (κ2) is 7.43. The van der Waals surface area contributed by atoms with E-state index < -0.39 is 10.0 Å². The van der Waals surface area contributed by atoms with Crippen LogP contribution in [0.4, 0.5) is 0 Å². The lowest BCUT2D eigenvalue weighted by atomic mass is 9.90. The van der Waals surface area contributed by atoms with E-state index in [0.717, 1.165) is 23.1 Å². The van der Waals surface area contributed by atoms with E-state index in [4.69, 9.17) is 5.73 Å². The normalized spacial score (nSPS) is 20.9. The van der Waals surface area contributed by atoms with Gasteiger partial charge in [-0.05, 0) is 50.3 Å². The monoisotopic (exact) mass is 367 g/mol. The van der Waals surface area contributed by atoms with E-state index >= 15 is 0 Å². The predicted octanol–water partition coefficient (Wildman–Crippen LogP) is 1.48. The smallest absolute Gasteiger partial charge is 0.241 e. The fraction of sp³-hybridized carbons (Fsp3) is 0.611. The number of nitrogens with one attached hydrogen (secondary N) is 1. The second-order valence-electron chi connectivity index (χ2n) is 7.46. The Labute approximate surface area is 150 Å². The first-order valence-corrected chi connectivity index (χ1v) is 10.1. The van der Waals surface area contributed by atoms with Gasteiger partial charge in [-0.1, -0.05) is 24.6 Å². The zero-order valence-corrected chi connectivity index (χ0v) is 16.4. The number of benzene rings is 1. The number of hydrogen-bond acceptors (Lipinski definition) is 4. The topological polar surface area (TPSA) is 92.5 Å². The van der Waals surface area contributed by atoms with Gasteiger partial charge in [0.25, 0.3) is 0 Å². The summed E-state index contributed by atoms with van der Waals surface area (Å²) in [6.45, 7) is 9.58. The van der Waals surface area contributed by atoms with Crippen molar-refractivity contribution < 1.29 is 13.2 Å². The van der Waals surface area contributed by atoms with Gasteiger partial charge in [0.1, 0.15) is 0 Å². The molecular weight excluding hydrogens is 338 g/mol. The molecule has 6 nitrogen and oxygen atoms in total. The maximum absolute atomic E-state index is 12.6. The first kappa shape index (κ1) is 19.9. The third-order valence-electron chi connectivity index (χ3n) is 4.91. The molecule has 0 aliphatic carbocycles. The third-order valence-corrected chi connectivity index (χ3v) is 6.67. The fourth-order valence-corrected chi connectivity index (χ4v) is 5.00. The van der Waals surface area contributed by atoms with Crippen molar-refractivity contribution in [2.45, 2.75) is 45.4 Å². The molecule has 1 atom stereocenters. The number of likely N-dealkylation sites (tertiary alicyclic amines) is 1. The Morgan fingerprint density at radius 2 is 1.88 bits per heavy atom. The molecule has 2 rings (SSSR count). The van der Waals surface area contributed by atoms with Crippen molar-refractivity contribution in [3.8, 4) is 0 Å². The molecule has 1 fully saturated rings. The lowest BCUT2D eigenvalue weighted by Gasteiger charge is -2.22. The SMILES string of the molecule is Cc1cc(C)c(S(=O)(=O)NCCC(=O)N2CCC(C)(CN)C2)c(C)c1.